The lowest BCUT2D eigenvalue weighted by Crippen LogP contribution is -2.29. The Morgan fingerprint density at radius 2 is 0.740 bits per heavy atom. The van der Waals surface area contributed by atoms with E-state index in [1.807, 2.05) is 0 Å². The van der Waals surface area contributed by atoms with Crippen LogP contribution in [-0.2, 0) is 5.41 Å². The smallest absolute Gasteiger partial charge is 0.0714 e. The maximum Gasteiger partial charge on any atom is 0.0714 e. The van der Waals surface area contributed by atoms with E-state index in [0.717, 1.165) is 34.1 Å². The van der Waals surface area contributed by atoms with E-state index in [4.69, 9.17) is 0 Å². The number of anilines is 6. The van der Waals surface area contributed by atoms with Gasteiger partial charge in [-0.2, -0.15) is 0 Å². The molecule has 12 aromatic rings. The highest BCUT2D eigenvalue weighted by atomic mass is 15.2. The molecule has 13 rings (SSSR count). The average molecular weight is 933 g/mol. The predicted molar refractivity (Wildman–Crippen MR) is 308 cm³/mol. The molecule has 0 heterocycles. The van der Waals surface area contributed by atoms with Crippen molar-refractivity contribution < 1.29 is 0 Å². The van der Waals surface area contributed by atoms with Gasteiger partial charge < -0.3 is 9.80 Å². The Bertz CT molecular complexity index is 3920. The number of fused-ring (bicyclic) bond motifs is 6. The number of aryl methyl sites for hydroxylation is 2. The van der Waals surface area contributed by atoms with Gasteiger partial charge in [0.1, 0.15) is 0 Å². The van der Waals surface area contributed by atoms with Gasteiger partial charge in [-0.3, -0.25) is 0 Å². The van der Waals surface area contributed by atoms with Crippen molar-refractivity contribution in [3.63, 3.8) is 0 Å². The first-order chi connectivity index (χ1) is 36.0. The van der Waals surface area contributed by atoms with Crippen molar-refractivity contribution in [3.05, 3.63) is 312 Å². The molecular weight excluding hydrogens is 881 g/mol. The molecule has 0 fully saturated rings. The van der Waals surface area contributed by atoms with Gasteiger partial charge in [0.25, 0.3) is 0 Å². The summed E-state index contributed by atoms with van der Waals surface area (Å²) < 4.78 is 0. The van der Waals surface area contributed by atoms with Crippen LogP contribution in [0.3, 0.4) is 0 Å². The molecule has 0 spiro atoms. The Morgan fingerprint density at radius 3 is 1.30 bits per heavy atom. The van der Waals surface area contributed by atoms with Gasteiger partial charge in [0.05, 0.1) is 22.5 Å². The maximum atomic E-state index is 2.54. The van der Waals surface area contributed by atoms with Crippen LogP contribution in [0.25, 0.3) is 54.9 Å². The van der Waals surface area contributed by atoms with Crippen molar-refractivity contribution in [3.8, 4) is 33.4 Å². The quantitative estimate of drug-likeness (QED) is 0.135. The normalized spacial score (nSPS) is 12.4. The third kappa shape index (κ3) is 7.42. The minimum atomic E-state index is -0.667. The summed E-state index contributed by atoms with van der Waals surface area (Å²) >= 11 is 0. The highest BCUT2D eigenvalue weighted by Crippen LogP contribution is 2.61. The zero-order valence-electron chi connectivity index (χ0n) is 41.0. The molecule has 0 N–H and O–H groups in total. The van der Waals surface area contributed by atoms with E-state index < -0.39 is 5.41 Å². The molecule has 73 heavy (non-hydrogen) atoms. The summed E-state index contributed by atoms with van der Waals surface area (Å²) in [4.78, 5) is 4.93. The average Bonchev–Trinajstić information content (AvgIpc) is 3.76. The van der Waals surface area contributed by atoms with Crippen molar-refractivity contribution in [2.24, 2.45) is 0 Å². The van der Waals surface area contributed by atoms with Crippen LogP contribution >= 0.6 is 0 Å². The predicted octanol–water partition coefficient (Wildman–Crippen LogP) is 19.2. The molecule has 0 aliphatic heterocycles. The second-order valence-corrected chi connectivity index (χ2v) is 19.4. The zero-order chi connectivity index (χ0) is 48.9. The Hall–Kier alpha value is -9.24. The monoisotopic (exact) mass is 932 g/mol. The number of rotatable bonds is 10. The fourth-order valence-corrected chi connectivity index (χ4v) is 11.7. The van der Waals surface area contributed by atoms with E-state index in [1.165, 1.54) is 88.3 Å². The molecule has 0 saturated heterocycles. The summed E-state index contributed by atoms with van der Waals surface area (Å²) in [6, 6.07) is 103. The van der Waals surface area contributed by atoms with Crippen molar-refractivity contribution in [1.29, 1.82) is 0 Å². The summed E-state index contributed by atoms with van der Waals surface area (Å²) in [5.41, 5.74) is 20.7. The van der Waals surface area contributed by atoms with E-state index in [2.05, 4.69) is 303 Å². The summed E-state index contributed by atoms with van der Waals surface area (Å²) in [6.45, 7) is 4.32. The zero-order valence-corrected chi connectivity index (χ0v) is 41.0. The highest BCUT2D eigenvalue weighted by Gasteiger charge is 2.48. The molecule has 0 unspecified atom stereocenters. The molecule has 0 radical (unpaired) electrons. The van der Waals surface area contributed by atoms with Crippen LogP contribution in [-0.4, -0.2) is 0 Å². The Labute approximate surface area is 428 Å². The van der Waals surface area contributed by atoms with Crippen molar-refractivity contribution in [2.75, 3.05) is 9.80 Å². The van der Waals surface area contributed by atoms with Gasteiger partial charge in [0.2, 0.25) is 0 Å². The largest absolute Gasteiger partial charge is 0.310 e. The summed E-state index contributed by atoms with van der Waals surface area (Å²) in [6.07, 6.45) is 0. The second-order valence-electron chi connectivity index (χ2n) is 19.4. The van der Waals surface area contributed by atoms with Gasteiger partial charge in [0.15, 0.2) is 0 Å². The van der Waals surface area contributed by atoms with Crippen LogP contribution in [0.2, 0.25) is 0 Å². The third-order valence-electron chi connectivity index (χ3n) is 15.0. The first kappa shape index (κ1) is 43.8. The van der Waals surface area contributed by atoms with E-state index in [1.54, 1.807) is 0 Å². The van der Waals surface area contributed by atoms with Gasteiger partial charge in [-0.15, -0.1) is 0 Å². The molecule has 0 saturated carbocycles. The minimum absolute atomic E-state index is 0.667. The molecule has 346 valence electrons. The number of para-hydroxylation sites is 2. The lowest BCUT2D eigenvalue weighted by atomic mass is 9.67. The van der Waals surface area contributed by atoms with Crippen LogP contribution in [0.1, 0.15) is 33.4 Å². The lowest BCUT2D eigenvalue weighted by Gasteiger charge is -2.36. The van der Waals surface area contributed by atoms with Crippen LogP contribution in [0.15, 0.2) is 279 Å². The standard InChI is InChI=1S/C71H52N2/c1-49-35-40-57(41-36-49)72(67-33-19-17-29-60(67)51-21-7-3-8-22-51)59-44-39-53-47-65-64(46-54(53)45-59)70-63-32-16-15-31-62(63)69(48-66(70)71(65,55-25-11-5-12-26-55)56-27-13-6-14-28-56)73(58-42-37-50(2)38-43-58)68-34-20-18-30-61(68)52-23-9-4-10-24-52/h3-48H,1-2H3. The number of benzene rings is 12. The van der Waals surface area contributed by atoms with E-state index in [9.17, 15) is 0 Å². The Morgan fingerprint density at radius 1 is 0.288 bits per heavy atom. The SMILES string of the molecule is Cc1ccc(N(c2ccc3cc4c(cc3c2)-c2c(cc(N(c3ccc(C)cc3)c3ccccc3-c3ccccc3)c3ccccc23)C4(c2ccccc2)c2ccccc2)c2ccccc2-c2ccccc2)cc1. The fraction of sp³-hybridized carbons (Fsp3) is 0.0423. The van der Waals surface area contributed by atoms with Crippen molar-refractivity contribution >= 4 is 55.7 Å². The number of hydrogen-bond donors (Lipinski definition) is 0. The van der Waals surface area contributed by atoms with Gasteiger partial charge in [-0.05, 0) is 141 Å². The first-order valence-electron chi connectivity index (χ1n) is 25.3. The molecular formula is C71H52N2. The van der Waals surface area contributed by atoms with E-state index in [-0.39, 0.29) is 0 Å². The molecule has 1 aliphatic rings. The minimum Gasteiger partial charge on any atom is -0.310 e. The van der Waals surface area contributed by atoms with Gasteiger partial charge in [-0.25, -0.2) is 0 Å². The summed E-state index contributed by atoms with van der Waals surface area (Å²) in [7, 11) is 0. The summed E-state index contributed by atoms with van der Waals surface area (Å²) in [5, 5.41) is 4.77. The van der Waals surface area contributed by atoms with Crippen LogP contribution in [0.5, 0.6) is 0 Å². The van der Waals surface area contributed by atoms with Crippen molar-refractivity contribution in [1.82, 2.24) is 0 Å². The molecule has 0 aromatic heterocycles. The van der Waals surface area contributed by atoms with Gasteiger partial charge in [0, 0.05) is 33.6 Å². The van der Waals surface area contributed by atoms with Crippen LogP contribution in [0, 0.1) is 13.8 Å². The third-order valence-corrected chi connectivity index (χ3v) is 15.0. The van der Waals surface area contributed by atoms with E-state index >= 15 is 0 Å². The second kappa shape index (κ2) is 18.2. The highest BCUT2D eigenvalue weighted by molar-refractivity contribution is 6.13. The van der Waals surface area contributed by atoms with Crippen LogP contribution < -0.4 is 9.80 Å². The summed E-state index contributed by atoms with van der Waals surface area (Å²) in [5.74, 6) is 0. The van der Waals surface area contributed by atoms with Gasteiger partial charge in [-0.1, -0.05) is 223 Å². The lowest BCUT2D eigenvalue weighted by molar-refractivity contribution is 0.770. The first-order valence-corrected chi connectivity index (χ1v) is 25.3. The molecule has 0 amide bonds. The van der Waals surface area contributed by atoms with Crippen LogP contribution in [0.4, 0.5) is 34.1 Å². The Balaban J connectivity index is 1.11. The maximum absolute atomic E-state index is 2.54. The molecule has 2 heteroatoms. The Kier molecular flexibility index (Phi) is 10.9. The molecule has 0 atom stereocenters. The van der Waals surface area contributed by atoms with Crippen molar-refractivity contribution in [2.45, 2.75) is 19.3 Å². The van der Waals surface area contributed by atoms with Gasteiger partial charge >= 0.3 is 0 Å². The fourth-order valence-electron chi connectivity index (χ4n) is 11.7. The molecule has 12 aromatic carbocycles. The molecule has 0 bridgehead atoms. The number of nitrogens with zero attached hydrogens (tertiary/aromatic N) is 2. The van der Waals surface area contributed by atoms with E-state index in [0.29, 0.717) is 0 Å². The number of hydrogen-bond acceptors (Lipinski definition) is 2. The molecule has 2 nitrogen and oxygen atoms in total. The topological polar surface area (TPSA) is 6.48 Å². The molecule has 1 aliphatic carbocycles.